The third kappa shape index (κ3) is 3.82. The van der Waals surface area contributed by atoms with Gasteiger partial charge in [-0.05, 0) is 0 Å². The normalized spacial score (nSPS) is 21.0. The summed E-state index contributed by atoms with van der Waals surface area (Å²) in [7, 11) is 0. The van der Waals surface area contributed by atoms with Crippen LogP contribution in [-0.4, -0.2) is 28.7 Å². The minimum atomic E-state index is -0.571. The van der Waals surface area contributed by atoms with Gasteiger partial charge in [-0.3, -0.25) is 0 Å². The van der Waals surface area contributed by atoms with Crippen molar-refractivity contribution >= 4 is 23.1 Å². The molecule has 68 valence electrons. The average Bonchev–Trinajstić information content (AvgIpc) is 1.89. The molecule has 0 atom stereocenters. The van der Waals surface area contributed by atoms with Gasteiger partial charge in [0.2, 0.25) is 0 Å². The molecule has 1 rings (SSSR count). The molecule has 0 N–H and O–H groups in total. The Bertz CT molecular complexity index is 111. The summed E-state index contributed by atoms with van der Waals surface area (Å²) in [6.07, 6.45) is 5.40. The maximum Gasteiger partial charge on any atom is 2.00 e. The van der Waals surface area contributed by atoms with Gasteiger partial charge in [-0.15, -0.1) is 5.60 Å². The smallest absolute Gasteiger partial charge is 1.00 e. The molecule has 0 amide bonds. The molecule has 0 heterocycles. The monoisotopic (exact) mass is 200 g/mol. The number of halogens is 1. The molecule has 0 saturated heterocycles. The van der Waals surface area contributed by atoms with E-state index in [1.807, 2.05) is 0 Å². The van der Waals surface area contributed by atoms with E-state index in [-0.39, 0.29) is 35.5 Å². The fourth-order valence-corrected chi connectivity index (χ4v) is 1.73. The zero-order valence-electron chi connectivity index (χ0n) is 8.11. The molecule has 1 saturated carbocycles. The van der Waals surface area contributed by atoms with Crippen molar-refractivity contribution in [2.24, 2.45) is 5.92 Å². The Morgan fingerprint density at radius 2 is 1.50 bits per heavy atom. The van der Waals surface area contributed by atoms with Gasteiger partial charge in [0, 0.05) is 0 Å². The fraction of sp³-hybridized carbons (Fsp3) is 1.00. The van der Waals surface area contributed by atoms with E-state index in [1.165, 1.54) is 6.42 Å². The van der Waals surface area contributed by atoms with Gasteiger partial charge in [0.05, 0.1) is 0 Å². The summed E-state index contributed by atoms with van der Waals surface area (Å²) in [5, 5.41) is 11.8. The van der Waals surface area contributed by atoms with Crippen LogP contribution in [0.1, 0.15) is 46.0 Å². The molecule has 12 heavy (non-hydrogen) atoms. The van der Waals surface area contributed by atoms with Gasteiger partial charge in [-0.1, -0.05) is 51.9 Å². The van der Waals surface area contributed by atoms with Crippen molar-refractivity contribution in [2.75, 3.05) is 0 Å². The third-order valence-corrected chi connectivity index (χ3v) is 2.75. The van der Waals surface area contributed by atoms with Crippen LogP contribution in [0.2, 0.25) is 0 Å². The van der Waals surface area contributed by atoms with Gasteiger partial charge in [0.1, 0.15) is 0 Å². The molecule has 1 nitrogen and oxygen atoms in total. The summed E-state index contributed by atoms with van der Waals surface area (Å²) in [4.78, 5) is 0. The van der Waals surface area contributed by atoms with Gasteiger partial charge < -0.3 is 17.5 Å². The average molecular weight is 201 g/mol. The fourth-order valence-electron chi connectivity index (χ4n) is 1.73. The minimum absolute atomic E-state index is 0. The molecule has 1 fully saturated rings. The predicted octanol–water partition coefficient (Wildman–Crippen LogP) is -1.67. The minimum Gasteiger partial charge on any atom is -1.00 e. The van der Waals surface area contributed by atoms with Crippen LogP contribution >= 0.6 is 0 Å². The van der Waals surface area contributed by atoms with E-state index in [1.54, 1.807) is 0 Å². The van der Waals surface area contributed by atoms with Crippen molar-refractivity contribution in [1.82, 2.24) is 0 Å². The molecular formula is C9H17ClMgO. The van der Waals surface area contributed by atoms with Crippen molar-refractivity contribution in [3.8, 4) is 0 Å². The first kappa shape index (κ1) is 15.5. The van der Waals surface area contributed by atoms with Crippen molar-refractivity contribution in [2.45, 2.75) is 51.6 Å². The summed E-state index contributed by atoms with van der Waals surface area (Å²) in [5.74, 6) is 0.327. The van der Waals surface area contributed by atoms with Crippen LogP contribution in [-0.2, 0) is 0 Å². The van der Waals surface area contributed by atoms with Gasteiger partial charge in [-0.25, -0.2) is 0 Å². The molecule has 1 aliphatic carbocycles. The van der Waals surface area contributed by atoms with E-state index in [0.29, 0.717) is 5.92 Å². The van der Waals surface area contributed by atoms with Crippen LogP contribution in [0.15, 0.2) is 0 Å². The second kappa shape index (κ2) is 6.47. The van der Waals surface area contributed by atoms with E-state index in [9.17, 15) is 5.11 Å². The quantitative estimate of drug-likeness (QED) is 0.465. The molecular weight excluding hydrogens is 184 g/mol. The molecule has 0 bridgehead atoms. The second-order valence-electron chi connectivity index (χ2n) is 3.78. The molecule has 0 aliphatic heterocycles. The van der Waals surface area contributed by atoms with Gasteiger partial charge in [-0.2, -0.15) is 0 Å². The summed E-state index contributed by atoms with van der Waals surface area (Å²) in [6, 6.07) is 0. The van der Waals surface area contributed by atoms with E-state index >= 15 is 0 Å². The van der Waals surface area contributed by atoms with E-state index in [0.717, 1.165) is 25.7 Å². The molecule has 3 heteroatoms. The molecule has 0 aromatic rings. The Labute approximate surface area is 97.9 Å². The zero-order chi connectivity index (χ0) is 7.61. The zero-order valence-corrected chi connectivity index (χ0v) is 10.3. The second-order valence-corrected chi connectivity index (χ2v) is 3.78. The Balaban J connectivity index is 0. The molecule has 0 aromatic carbocycles. The maximum absolute atomic E-state index is 11.8. The number of hydrogen-bond acceptors (Lipinski definition) is 1. The Morgan fingerprint density at radius 1 is 1.08 bits per heavy atom. The first-order chi connectivity index (χ1) is 4.65. The van der Waals surface area contributed by atoms with Gasteiger partial charge >= 0.3 is 23.1 Å². The summed E-state index contributed by atoms with van der Waals surface area (Å²) in [6.45, 7) is 4.11. The van der Waals surface area contributed by atoms with E-state index < -0.39 is 5.60 Å². The summed E-state index contributed by atoms with van der Waals surface area (Å²) >= 11 is 0. The Kier molecular flexibility index (Phi) is 8.35. The first-order valence-electron chi connectivity index (χ1n) is 4.35. The third-order valence-electron chi connectivity index (χ3n) is 2.75. The molecule has 0 aromatic heterocycles. The van der Waals surface area contributed by atoms with Crippen molar-refractivity contribution in [3.05, 3.63) is 0 Å². The van der Waals surface area contributed by atoms with E-state index in [2.05, 4.69) is 13.8 Å². The predicted molar refractivity (Wildman–Crippen MR) is 46.4 cm³/mol. The largest absolute Gasteiger partial charge is 2.00 e. The van der Waals surface area contributed by atoms with E-state index in [4.69, 9.17) is 0 Å². The Hall–Kier alpha value is 1.02. The summed E-state index contributed by atoms with van der Waals surface area (Å²) < 4.78 is 0. The molecule has 0 spiro atoms. The number of hydrogen-bond donors (Lipinski definition) is 0. The molecule has 0 radical (unpaired) electrons. The maximum atomic E-state index is 11.8. The van der Waals surface area contributed by atoms with Crippen LogP contribution in [0.5, 0.6) is 0 Å². The van der Waals surface area contributed by atoms with Gasteiger partial charge in [0.25, 0.3) is 0 Å². The first-order valence-corrected chi connectivity index (χ1v) is 4.35. The topological polar surface area (TPSA) is 23.1 Å². The van der Waals surface area contributed by atoms with Crippen molar-refractivity contribution in [3.63, 3.8) is 0 Å². The van der Waals surface area contributed by atoms with Crippen LogP contribution in [0.25, 0.3) is 0 Å². The standard InChI is InChI=1S/C9H17O.ClH.Mg/c1-8(2)9(10)6-4-3-5-7-9;;/h8H,3-7H2,1-2H3;1H;/q-1;;+2/p-1. The van der Waals surface area contributed by atoms with Crippen LogP contribution in [0, 0.1) is 5.92 Å². The number of rotatable bonds is 1. The van der Waals surface area contributed by atoms with Crippen molar-refractivity contribution in [1.29, 1.82) is 0 Å². The molecule has 0 unspecified atom stereocenters. The summed E-state index contributed by atoms with van der Waals surface area (Å²) in [5.41, 5.74) is -0.571. The van der Waals surface area contributed by atoms with Gasteiger partial charge in [0.15, 0.2) is 0 Å². The van der Waals surface area contributed by atoms with Crippen molar-refractivity contribution < 1.29 is 17.5 Å². The van der Waals surface area contributed by atoms with Crippen LogP contribution in [0.3, 0.4) is 0 Å². The van der Waals surface area contributed by atoms with Crippen LogP contribution < -0.4 is 17.5 Å². The SMILES string of the molecule is CC(C)C1([O-])CCCCC1.[Cl-].[Mg+2]. The van der Waals surface area contributed by atoms with Crippen LogP contribution in [0.4, 0.5) is 0 Å². The molecule has 1 aliphatic rings. The Morgan fingerprint density at radius 3 is 1.75 bits per heavy atom.